The van der Waals surface area contributed by atoms with E-state index in [0.29, 0.717) is 15.1 Å². The monoisotopic (exact) mass is 519 g/mol. The molecule has 1 N–H and O–H groups in total. The lowest BCUT2D eigenvalue weighted by atomic mass is 10.2. The molecule has 0 bridgehead atoms. The molecule has 0 spiro atoms. The lowest BCUT2D eigenvalue weighted by Crippen LogP contribution is -2.19. The van der Waals surface area contributed by atoms with Crippen LogP contribution in [0.15, 0.2) is 70.7 Å². The van der Waals surface area contributed by atoms with Gasteiger partial charge >= 0.3 is 0 Å². The van der Waals surface area contributed by atoms with Crippen LogP contribution in [0.1, 0.15) is 11.3 Å². The van der Waals surface area contributed by atoms with E-state index in [0.717, 1.165) is 22.6 Å². The number of aromatic nitrogens is 1. The number of rotatable bonds is 3. The van der Waals surface area contributed by atoms with Gasteiger partial charge in [-0.2, -0.15) is 0 Å². The summed E-state index contributed by atoms with van der Waals surface area (Å²) < 4.78 is 3.23. The molecule has 1 aromatic heterocycles. The molecule has 0 atom stereocenters. The average Bonchev–Trinajstić information content (AvgIpc) is 3.27. The third-order valence-corrected chi connectivity index (χ3v) is 6.31. The first-order valence-electron chi connectivity index (χ1n) is 8.49. The zero-order valence-corrected chi connectivity index (χ0v) is 18.5. The van der Waals surface area contributed by atoms with Crippen molar-refractivity contribution >= 4 is 68.8 Å². The molecule has 4 nitrogen and oxygen atoms in total. The van der Waals surface area contributed by atoms with Crippen LogP contribution in [0.4, 0.5) is 5.69 Å². The van der Waals surface area contributed by atoms with E-state index in [-0.39, 0.29) is 5.91 Å². The van der Waals surface area contributed by atoms with E-state index in [9.17, 15) is 4.79 Å². The fourth-order valence-electron chi connectivity index (χ4n) is 2.79. The van der Waals surface area contributed by atoms with Crippen molar-refractivity contribution in [3.05, 3.63) is 85.5 Å². The molecule has 1 fully saturated rings. The highest BCUT2D eigenvalue weighted by Gasteiger charge is 2.24. The van der Waals surface area contributed by atoms with Crippen LogP contribution in [0.5, 0.6) is 0 Å². The molecular weight excluding hydrogens is 505 g/mol. The van der Waals surface area contributed by atoms with E-state index in [1.54, 1.807) is 0 Å². The van der Waals surface area contributed by atoms with Gasteiger partial charge in [0, 0.05) is 26.2 Å². The summed E-state index contributed by atoms with van der Waals surface area (Å²) in [6.45, 7) is 1.91. The molecule has 0 saturated carbocycles. The topological polar surface area (TPSA) is 46.4 Å². The molecule has 1 saturated heterocycles. The molecule has 2 heterocycles. The average molecular weight is 520 g/mol. The molecule has 2 aromatic carbocycles. The quantitative estimate of drug-likeness (QED) is 0.344. The second kappa shape index (κ2) is 8.14. The zero-order valence-electron chi connectivity index (χ0n) is 14.8. The predicted octanol–water partition coefficient (Wildman–Crippen LogP) is 5.94. The molecular formula is C21H15ClIN3OS. The van der Waals surface area contributed by atoms with Crippen molar-refractivity contribution in [3.63, 3.8) is 0 Å². The number of nitrogens with zero attached hydrogens (tertiary/aromatic N) is 2. The fourth-order valence-corrected chi connectivity index (χ4v) is 4.14. The molecule has 28 heavy (non-hydrogen) atoms. The Hall–Kier alpha value is -2.03. The van der Waals surface area contributed by atoms with Gasteiger partial charge in [0.05, 0.1) is 10.6 Å². The van der Waals surface area contributed by atoms with Crippen LogP contribution in [0.25, 0.3) is 11.8 Å². The summed E-state index contributed by atoms with van der Waals surface area (Å²) in [7, 11) is 0. The van der Waals surface area contributed by atoms with Crippen LogP contribution in [0.2, 0.25) is 5.02 Å². The number of aliphatic imine (C=N–C) groups is 1. The third kappa shape index (κ3) is 4.04. The summed E-state index contributed by atoms with van der Waals surface area (Å²) in [6.07, 6.45) is 3.86. The van der Waals surface area contributed by atoms with Gasteiger partial charge in [0.1, 0.15) is 0 Å². The van der Waals surface area contributed by atoms with Crippen molar-refractivity contribution in [2.24, 2.45) is 4.99 Å². The van der Waals surface area contributed by atoms with Gasteiger partial charge in [-0.3, -0.25) is 4.79 Å². The van der Waals surface area contributed by atoms with Gasteiger partial charge in [-0.15, -0.1) is 0 Å². The van der Waals surface area contributed by atoms with Crippen LogP contribution in [0, 0.1) is 10.5 Å². The minimum absolute atomic E-state index is 0.154. The van der Waals surface area contributed by atoms with Gasteiger partial charge in [-0.1, -0.05) is 17.7 Å². The molecule has 1 aliphatic rings. The van der Waals surface area contributed by atoms with Crippen molar-refractivity contribution in [1.29, 1.82) is 0 Å². The molecule has 0 aliphatic carbocycles. The maximum absolute atomic E-state index is 12.4. The Balaban J connectivity index is 1.63. The van der Waals surface area contributed by atoms with Crippen LogP contribution in [0.3, 0.4) is 0 Å². The van der Waals surface area contributed by atoms with Gasteiger partial charge in [0.2, 0.25) is 0 Å². The summed E-state index contributed by atoms with van der Waals surface area (Å²) in [5.74, 6) is -0.154. The molecule has 0 unspecified atom stereocenters. The third-order valence-electron chi connectivity index (χ3n) is 4.28. The van der Waals surface area contributed by atoms with Gasteiger partial charge in [0.15, 0.2) is 5.17 Å². The maximum Gasteiger partial charge on any atom is 0.264 e. The number of thioether (sulfide) groups is 1. The summed E-state index contributed by atoms with van der Waals surface area (Å²) in [5.41, 5.74) is 3.61. The van der Waals surface area contributed by atoms with Gasteiger partial charge in [-0.25, -0.2) is 4.99 Å². The van der Waals surface area contributed by atoms with Crippen LogP contribution in [-0.2, 0) is 4.79 Å². The van der Waals surface area contributed by atoms with Crippen molar-refractivity contribution in [2.45, 2.75) is 6.92 Å². The predicted molar refractivity (Wildman–Crippen MR) is 125 cm³/mol. The fraction of sp³-hybridized carbons (Fsp3) is 0.0476. The number of amidine groups is 1. The standard InChI is InChI=1S/C21H15ClIN3OS/c1-13-17(22)5-2-6-18(13)24-21-25-20(27)19(28-21)12-16-4-3-11-26(16)15-9-7-14(23)8-10-15/h2-12H,1H3,(H,24,25,27)/b19-12+. The highest BCUT2D eigenvalue weighted by Crippen LogP contribution is 2.31. The summed E-state index contributed by atoms with van der Waals surface area (Å²) in [4.78, 5) is 17.6. The maximum atomic E-state index is 12.4. The van der Waals surface area contributed by atoms with E-state index in [1.165, 1.54) is 15.3 Å². The van der Waals surface area contributed by atoms with Gasteiger partial charge < -0.3 is 9.88 Å². The first kappa shape index (κ1) is 19.3. The highest BCUT2D eigenvalue weighted by atomic mass is 127. The summed E-state index contributed by atoms with van der Waals surface area (Å²) in [6, 6.07) is 17.7. The largest absolute Gasteiger partial charge is 0.317 e. The van der Waals surface area contributed by atoms with Crippen LogP contribution >= 0.6 is 46.0 Å². The zero-order chi connectivity index (χ0) is 19.7. The molecule has 1 amide bonds. The van der Waals surface area contributed by atoms with Crippen LogP contribution < -0.4 is 5.32 Å². The lowest BCUT2D eigenvalue weighted by molar-refractivity contribution is -0.115. The Kier molecular flexibility index (Phi) is 5.61. The Bertz CT molecular complexity index is 1120. The number of halogens is 2. The van der Waals surface area contributed by atoms with Gasteiger partial charge in [-0.05, 0) is 101 Å². The number of hydrogen-bond acceptors (Lipinski definition) is 3. The van der Waals surface area contributed by atoms with Crippen molar-refractivity contribution < 1.29 is 4.79 Å². The molecule has 4 rings (SSSR count). The number of benzene rings is 2. The van der Waals surface area contributed by atoms with E-state index in [2.05, 4.69) is 57.2 Å². The number of amides is 1. The minimum atomic E-state index is -0.154. The lowest BCUT2D eigenvalue weighted by Gasteiger charge is -2.07. The smallest absolute Gasteiger partial charge is 0.264 e. The highest BCUT2D eigenvalue weighted by molar-refractivity contribution is 14.1. The Labute approximate surface area is 185 Å². The number of carbonyl (C=O) groups excluding carboxylic acids is 1. The first-order valence-corrected chi connectivity index (χ1v) is 10.8. The Morgan fingerprint density at radius 1 is 1.14 bits per heavy atom. The summed E-state index contributed by atoms with van der Waals surface area (Å²) in [5, 5.41) is 4.04. The molecule has 7 heteroatoms. The summed E-state index contributed by atoms with van der Waals surface area (Å²) >= 11 is 9.77. The van der Waals surface area contributed by atoms with Crippen LogP contribution in [-0.4, -0.2) is 15.6 Å². The molecule has 0 radical (unpaired) electrons. The molecule has 1 aliphatic heterocycles. The van der Waals surface area contributed by atoms with Crippen molar-refractivity contribution in [2.75, 3.05) is 0 Å². The second-order valence-electron chi connectivity index (χ2n) is 6.15. The van der Waals surface area contributed by atoms with Crippen molar-refractivity contribution in [1.82, 2.24) is 9.88 Å². The molecule has 140 valence electrons. The Morgan fingerprint density at radius 3 is 2.71 bits per heavy atom. The Morgan fingerprint density at radius 2 is 1.93 bits per heavy atom. The normalized spacial score (nSPS) is 16.8. The number of hydrogen-bond donors (Lipinski definition) is 1. The first-order chi connectivity index (χ1) is 13.5. The van der Waals surface area contributed by atoms with E-state index < -0.39 is 0 Å². The van der Waals surface area contributed by atoms with Crippen molar-refractivity contribution in [3.8, 4) is 5.69 Å². The minimum Gasteiger partial charge on any atom is -0.317 e. The molecule has 3 aromatic rings. The number of carbonyl (C=O) groups is 1. The van der Waals surface area contributed by atoms with E-state index >= 15 is 0 Å². The number of nitrogens with one attached hydrogen (secondary N) is 1. The second-order valence-corrected chi connectivity index (χ2v) is 8.83. The van der Waals surface area contributed by atoms with Gasteiger partial charge in [0.25, 0.3) is 5.91 Å². The van der Waals surface area contributed by atoms with E-state index in [1.807, 2.05) is 54.1 Å². The SMILES string of the molecule is Cc1c(Cl)cccc1N=C1NC(=O)/C(=C\c2cccn2-c2ccc(I)cc2)S1. The van der Waals surface area contributed by atoms with E-state index in [4.69, 9.17) is 11.6 Å².